The van der Waals surface area contributed by atoms with Crippen LogP contribution in [0.15, 0.2) is 18.2 Å². The van der Waals surface area contributed by atoms with Crippen LogP contribution in [0.2, 0.25) is 0 Å². The molecule has 2 N–H and O–H groups in total. The summed E-state index contributed by atoms with van der Waals surface area (Å²) in [5.74, 6) is -0.405. The van der Waals surface area contributed by atoms with Gasteiger partial charge in [-0.3, -0.25) is 14.9 Å². The molecule has 1 unspecified atom stereocenters. The van der Waals surface area contributed by atoms with E-state index in [1.807, 2.05) is 0 Å². The number of aliphatic hydroxyl groups is 1. The van der Waals surface area contributed by atoms with Gasteiger partial charge in [0.2, 0.25) is 0 Å². The third-order valence-corrected chi connectivity index (χ3v) is 2.58. The second kappa shape index (κ2) is 7.44. The van der Waals surface area contributed by atoms with Gasteiger partial charge in [-0.25, -0.2) is 0 Å². The summed E-state index contributed by atoms with van der Waals surface area (Å²) in [5.41, 5.74) is -0.393. The van der Waals surface area contributed by atoms with Gasteiger partial charge in [0.25, 0.3) is 11.6 Å². The first-order valence-corrected chi connectivity index (χ1v) is 6.33. The number of nitrogens with one attached hydrogen (secondary N) is 1. The number of carbonyl (C=O) groups is 1. The molecule has 20 heavy (non-hydrogen) atoms. The van der Waals surface area contributed by atoms with Gasteiger partial charge in [0.1, 0.15) is 5.75 Å². The molecule has 0 saturated carbocycles. The molecule has 1 amide bonds. The minimum Gasteiger partial charge on any atom is -0.493 e. The topological polar surface area (TPSA) is 102 Å². The maximum atomic E-state index is 12.1. The lowest BCUT2D eigenvalue weighted by Gasteiger charge is -2.11. The van der Waals surface area contributed by atoms with E-state index in [0.29, 0.717) is 13.0 Å². The fourth-order valence-electron chi connectivity index (χ4n) is 1.66. The monoisotopic (exact) mass is 282 g/mol. The van der Waals surface area contributed by atoms with E-state index in [0.717, 1.165) is 0 Å². The zero-order chi connectivity index (χ0) is 15.1. The van der Waals surface area contributed by atoms with E-state index in [2.05, 4.69) is 5.32 Å². The van der Waals surface area contributed by atoms with Crippen LogP contribution in [0, 0.1) is 10.1 Å². The van der Waals surface area contributed by atoms with Crippen molar-refractivity contribution < 1.29 is 19.6 Å². The predicted molar refractivity (Wildman–Crippen MR) is 72.9 cm³/mol. The van der Waals surface area contributed by atoms with Gasteiger partial charge in [0.15, 0.2) is 5.56 Å². The molecule has 0 heterocycles. The van der Waals surface area contributed by atoms with Crippen molar-refractivity contribution in [3.05, 3.63) is 33.9 Å². The first-order valence-electron chi connectivity index (χ1n) is 6.33. The number of hydrogen-bond acceptors (Lipinski definition) is 5. The highest BCUT2D eigenvalue weighted by atomic mass is 16.6. The summed E-state index contributed by atoms with van der Waals surface area (Å²) >= 11 is 0. The second-order valence-electron chi connectivity index (χ2n) is 4.23. The Morgan fingerprint density at radius 1 is 1.55 bits per heavy atom. The fourth-order valence-corrected chi connectivity index (χ4v) is 1.66. The Bertz CT molecular complexity index is 488. The van der Waals surface area contributed by atoms with E-state index < -0.39 is 16.9 Å². The highest BCUT2D eigenvalue weighted by Crippen LogP contribution is 2.28. The highest BCUT2D eigenvalue weighted by Gasteiger charge is 2.24. The number of nitrogens with zero attached hydrogens (tertiary/aromatic N) is 1. The summed E-state index contributed by atoms with van der Waals surface area (Å²) in [6.07, 6.45) is -0.177. The summed E-state index contributed by atoms with van der Waals surface area (Å²) in [6.45, 7) is 3.86. The van der Waals surface area contributed by atoms with Gasteiger partial charge in [0, 0.05) is 12.6 Å². The van der Waals surface area contributed by atoms with Gasteiger partial charge in [-0.1, -0.05) is 6.07 Å². The van der Waals surface area contributed by atoms with Crippen molar-refractivity contribution in [3.63, 3.8) is 0 Å². The molecule has 1 rings (SSSR count). The third kappa shape index (κ3) is 4.20. The number of ether oxygens (including phenoxy) is 1. The third-order valence-electron chi connectivity index (χ3n) is 2.58. The smallest absolute Gasteiger partial charge is 0.285 e. The molecule has 110 valence electrons. The van der Waals surface area contributed by atoms with Crippen molar-refractivity contribution in [2.75, 3.05) is 13.2 Å². The Labute approximate surface area is 116 Å². The van der Waals surface area contributed by atoms with Crippen molar-refractivity contribution in [1.82, 2.24) is 5.32 Å². The van der Waals surface area contributed by atoms with Crippen LogP contribution in [0.1, 0.15) is 30.6 Å². The van der Waals surface area contributed by atoms with E-state index in [1.54, 1.807) is 13.8 Å². The molecule has 0 aliphatic rings. The molecule has 1 atom stereocenters. The fraction of sp³-hybridized carbons (Fsp3) is 0.462. The van der Waals surface area contributed by atoms with Crippen LogP contribution in [-0.2, 0) is 0 Å². The quantitative estimate of drug-likeness (QED) is 0.582. The molecule has 0 spiro atoms. The molecule has 0 aromatic heterocycles. The lowest BCUT2D eigenvalue weighted by molar-refractivity contribution is -0.385. The van der Waals surface area contributed by atoms with E-state index >= 15 is 0 Å². The Morgan fingerprint density at radius 2 is 2.25 bits per heavy atom. The van der Waals surface area contributed by atoms with E-state index in [1.165, 1.54) is 18.2 Å². The second-order valence-corrected chi connectivity index (χ2v) is 4.23. The van der Waals surface area contributed by atoms with Gasteiger partial charge >= 0.3 is 0 Å². The Kier molecular flexibility index (Phi) is 5.92. The molecular formula is C13H18N2O5. The van der Waals surface area contributed by atoms with Gasteiger partial charge in [-0.05, 0) is 26.3 Å². The van der Waals surface area contributed by atoms with Gasteiger partial charge in [0.05, 0.1) is 17.6 Å². The average molecular weight is 282 g/mol. The van der Waals surface area contributed by atoms with Gasteiger partial charge < -0.3 is 15.2 Å². The van der Waals surface area contributed by atoms with Crippen LogP contribution in [0.25, 0.3) is 0 Å². The highest BCUT2D eigenvalue weighted by molar-refractivity contribution is 6.00. The maximum Gasteiger partial charge on any atom is 0.285 e. The summed E-state index contributed by atoms with van der Waals surface area (Å²) < 4.78 is 5.26. The number of hydrogen-bond donors (Lipinski definition) is 2. The van der Waals surface area contributed by atoms with Gasteiger partial charge in [-0.2, -0.15) is 0 Å². The number of rotatable bonds is 7. The molecule has 0 aliphatic carbocycles. The van der Waals surface area contributed by atoms with Crippen LogP contribution >= 0.6 is 0 Å². The minimum atomic E-state index is -0.619. The lowest BCUT2D eigenvalue weighted by atomic mass is 10.1. The van der Waals surface area contributed by atoms with E-state index in [-0.39, 0.29) is 23.5 Å². The molecule has 0 aliphatic heterocycles. The summed E-state index contributed by atoms with van der Waals surface area (Å²) in [6, 6.07) is 4.24. The SMILES string of the molecule is CCOc1cccc([N+](=O)[O-])c1C(=O)NCCC(C)O. The Morgan fingerprint density at radius 3 is 2.80 bits per heavy atom. The summed E-state index contributed by atoms with van der Waals surface area (Å²) in [7, 11) is 0. The number of aliphatic hydroxyl groups excluding tert-OH is 1. The summed E-state index contributed by atoms with van der Waals surface area (Å²) in [5, 5.41) is 22.7. The Hall–Kier alpha value is -2.15. The molecule has 7 heteroatoms. The van der Waals surface area contributed by atoms with Crippen LogP contribution in [-0.4, -0.2) is 35.2 Å². The summed E-state index contributed by atoms with van der Waals surface area (Å²) in [4.78, 5) is 22.4. The van der Waals surface area contributed by atoms with Crippen LogP contribution in [0.5, 0.6) is 5.75 Å². The molecule has 0 radical (unpaired) electrons. The molecule has 0 fully saturated rings. The molecular weight excluding hydrogens is 264 g/mol. The Balaban J connectivity index is 2.99. The van der Waals surface area contributed by atoms with Gasteiger partial charge in [-0.15, -0.1) is 0 Å². The minimum absolute atomic E-state index is 0.0926. The van der Waals surface area contributed by atoms with Crippen molar-refractivity contribution in [3.8, 4) is 5.75 Å². The molecule has 0 bridgehead atoms. The van der Waals surface area contributed by atoms with Crippen molar-refractivity contribution >= 4 is 11.6 Å². The maximum absolute atomic E-state index is 12.1. The number of nitro benzene ring substituents is 1. The number of carbonyl (C=O) groups excluding carboxylic acids is 1. The van der Waals surface area contributed by atoms with Crippen LogP contribution in [0.3, 0.4) is 0 Å². The van der Waals surface area contributed by atoms with Crippen LogP contribution in [0.4, 0.5) is 5.69 Å². The van der Waals surface area contributed by atoms with Crippen molar-refractivity contribution in [2.24, 2.45) is 0 Å². The molecule has 1 aromatic carbocycles. The van der Waals surface area contributed by atoms with E-state index in [4.69, 9.17) is 9.84 Å². The zero-order valence-electron chi connectivity index (χ0n) is 11.5. The number of amides is 1. The zero-order valence-corrected chi connectivity index (χ0v) is 11.5. The lowest BCUT2D eigenvalue weighted by Crippen LogP contribution is -2.27. The van der Waals surface area contributed by atoms with E-state index in [9.17, 15) is 14.9 Å². The average Bonchev–Trinajstić information content (AvgIpc) is 2.38. The first-order chi connectivity index (χ1) is 9.47. The standard InChI is InChI=1S/C13H18N2O5/c1-3-20-11-6-4-5-10(15(18)19)12(11)13(17)14-8-7-9(2)16/h4-6,9,16H,3,7-8H2,1-2H3,(H,14,17). The van der Waals surface area contributed by atoms with Crippen molar-refractivity contribution in [1.29, 1.82) is 0 Å². The molecule has 0 saturated heterocycles. The van der Waals surface area contributed by atoms with Crippen LogP contribution < -0.4 is 10.1 Å². The largest absolute Gasteiger partial charge is 0.493 e. The molecule has 7 nitrogen and oxygen atoms in total. The normalized spacial score (nSPS) is 11.8. The first kappa shape index (κ1) is 15.9. The predicted octanol–water partition coefficient (Wildman–Crippen LogP) is 1.49. The number of nitro groups is 1. The van der Waals surface area contributed by atoms with Crippen molar-refractivity contribution in [2.45, 2.75) is 26.4 Å². The molecule has 1 aromatic rings. The number of benzene rings is 1.